The molecule has 12 heteroatoms. The van der Waals surface area contributed by atoms with Crippen LogP contribution in [0.4, 0.5) is 26.3 Å². The molecule has 0 fully saturated rings. The number of Topliss-reactive ketones (excluding diaryl/α,β-unsaturated/α-hetero) is 1. The molecule has 2 aromatic heterocycles. The number of thioether (sulfide) groups is 1. The van der Waals surface area contributed by atoms with E-state index in [0.29, 0.717) is 22.4 Å². The van der Waals surface area contributed by atoms with Gasteiger partial charge in [-0.2, -0.15) is 26.3 Å². The average molecular weight is 497 g/mol. The molecule has 0 amide bonds. The van der Waals surface area contributed by atoms with Crippen molar-refractivity contribution < 1.29 is 31.1 Å². The fourth-order valence-electron chi connectivity index (χ4n) is 3.27. The Hall–Kier alpha value is -3.54. The topological polar surface area (TPSA) is 67.8 Å². The quantitative estimate of drug-likeness (QED) is 0.166. The second-order valence-corrected chi connectivity index (χ2v) is 8.02. The van der Waals surface area contributed by atoms with Gasteiger partial charge in [-0.15, -0.1) is 0 Å². The van der Waals surface area contributed by atoms with Crippen molar-refractivity contribution in [2.45, 2.75) is 17.5 Å². The van der Waals surface area contributed by atoms with Gasteiger partial charge in [0, 0.05) is 6.20 Å². The Balaban J connectivity index is 1.95. The molecule has 0 atom stereocenters. The summed E-state index contributed by atoms with van der Waals surface area (Å²) in [5, 5.41) is -0.443. The van der Waals surface area contributed by atoms with E-state index in [1.165, 1.54) is 30.5 Å². The fourth-order valence-corrected chi connectivity index (χ4v) is 4.15. The van der Waals surface area contributed by atoms with Crippen LogP contribution in [0.1, 0.15) is 21.6 Å². The lowest BCUT2D eigenvalue weighted by atomic mass is 10.1. The molecule has 0 bridgehead atoms. The van der Waals surface area contributed by atoms with Crippen molar-refractivity contribution in [2.75, 3.05) is 5.75 Å². The van der Waals surface area contributed by atoms with Crippen LogP contribution >= 0.6 is 11.8 Å². The zero-order valence-corrected chi connectivity index (χ0v) is 17.7. The summed E-state index contributed by atoms with van der Waals surface area (Å²) in [6, 6.07) is 9.63. The number of halogens is 6. The van der Waals surface area contributed by atoms with Crippen LogP contribution < -0.4 is 5.56 Å². The number of alkyl halides is 6. The minimum atomic E-state index is -5.06. The van der Waals surface area contributed by atoms with E-state index in [-0.39, 0.29) is 39.6 Å². The molecule has 0 aliphatic rings. The Bertz CT molecular complexity index is 1430. The van der Waals surface area contributed by atoms with E-state index in [0.717, 1.165) is 0 Å². The van der Waals surface area contributed by atoms with Gasteiger partial charge in [0.1, 0.15) is 0 Å². The van der Waals surface area contributed by atoms with E-state index < -0.39 is 40.5 Å². The van der Waals surface area contributed by atoms with Gasteiger partial charge in [-0.05, 0) is 42.5 Å². The minimum Gasteiger partial charge on any atom is -0.359 e. The molecule has 5 nitrogen and oxygen atoms in total. The Morgan fingerprint density at radius 2 is 1.71 bits per heavy atom. The van der Waals surface area contributed by atoms with Crippen molar-refractivity contribution in [3.05, 3.63) is 88.0 Å². The summed E-state index contributed by atoms with van der Waals surface area (Å²) in [7, 11) is 0. The highest BCUT2D eigenvalue weighted by Gasteiger charge is 2.38. The van der Waals surface area contributed by atoms with Crippen molar-refractivity contribution in [3.63, 3.8) is 0 Å². The van der Waals surface area contributed by atoms with Crippen LogP contribution in [-0.4, -0.2) is 26.1 Å². The SMILES string of the molecule is O=C(CSc1nc2ccccc2c(=O)n1-c1cc(C(F)(F)F)ccc1C(F)(F)F)c1ccc[nH]1. The van der Waals surface area contributed by atoms with Gasteiger partial charge >= 0.3 is 12.4 Å². The third-order valence-corrected chi connectivity index (χ3v) is 5.79. The highest BCUT2D eigenvalue weighted by atomic mass is 32.2. The van der Waals surface area contributed by atoms with Crippen molar-refractivity contribution >= 4 is 28.4 Å². The number of carbonyl (C=O) groups is 1. The van der Waals surface area contributed by atoms with E-state index in [1.807, 2.05) is 0 Å². The largest absolute Gasteiger partial charge is 0.418 e. The molecule has 0 radical (unpaired) electrons. The van der Waals surface area contributed by atoms with Gasteiger partial charge in [-0.1, -0.05) is 23.9 Å². The molecule has 4 aromatic rings. The molecular weight excluding hydrogens is 484 g/mol. The van der Waals surface area contributed by atoms with Gasteiger partial charge in [-0.25, -0.2) is 4.98 Å². The normalized spacial score (nSPS) is 12.3. The third kappa shape index (κ3) is 4.58. The Labute approximate surface area is 191 Å². The first-order valence-corrected chi connectivity index (χ1v) is 10.6. The molecule has 1 N–H and O–H groups in total. The number of nitrogens with zero attached hydrogens (tertiary/aromatic N) is 2. The molecule has 4 rings (SSSR count). The smallest absolute Gasteiger partial charge is 0.359 e. The average Bonchev–Trinajstić information content (AvgIpc) is 3.31. The molecule has 2 aromatic carbocycles. The second kappa shape index (κ2) is 8.67. The van der Waals surface area contributed by atoms with Crippen molar-refractivity contribution in [1.29, 1.82) is 0 Å². The summed E-state index contributed by atoms with van der Waals surface area (Å²) >= 11 is 0.644. The number of aromatic nitrogens is 3. The number of carbonyl (C=O) groups excluding carboxylic acids is 1. The number of H-pyrrole nitrogens is 1. The molecule has 34 heavy (non-hydrogen) atoms. The number of rotatable bonds is 5. The van der Waals surface area contributed by atoms with Crippen LogP contribution in [0.3, 0.4) is 0 Å². The minimum absolute atomic E-state index is 0.0897. The van der Waals surface area contributed by atoms with Crippen molar-refractivity contribution in [3.8, 4) is 5.69 Å². The molecule has 0 aliphatic heterocycles. The second-order valence-electron chi connectivity index (χ2n) is 7.08. The standard InChI is InChI=1S/C22H13F6N3O2S/c23-21(24,25)12-7-8-14(22(26,27)28)17(10-12)31-19(33)13-4-1-2-5-15(13)30-20(31)34-11-18(32)16-6-3-9-29-16/h1-10,29H,11H2. The van der Waals surface area contributed by atoms with E-state index in [2.05, 4.69) is 9.97 Å². The molecule has 0 saturated carbocycles. The van der Waals surface area contributed by atoms with Crippen molar-refractivity contribution in [2.24, 2.45) is 0 Å². The summed E-state index contributed by atoms with van der Waals surface area (Å²) in [5.74, 6) is -0.768. The summed E-state index contributed by atoms with van der Waals surface area (Å²) in [6.45, 7) is 0. The number of aromatic amines is 1. The first kappa shape index (κ1) is 23.6. The summed E-state index contributed by atoms with van der Waals surface area (Å²) in [4.78, 5) is 32.5. The van der Waals surface area contributed by atoms with Crippen LogP contribution in [0.5, 0.6) is 0 Å². The maximum Gasteiger partial charge on any atom is 0.418 e. The number of ketones is 1. The first-order chi connectivity index (χ1) is 16.0. The zero-order chi connectivity index (χ0) is 24.7. The Morgan fingerprint density at radius 3 is 2.35 bits per heavy atom. The molecule has 176 valence electrons. The maximum atomic E-state index is 13.8. The maximum absolute atomic E-state index is 13.8. The lowest BCUT2D eigenvalue weighted by Crippen LogP contribution is -2.25. The highest BCUT2D eigenvalue weighted by Crippen LogP contribution is 2.39. The monoisotopic (exact) mass is 497 g/mol. The molecule has 0 unspecified atom stereocenters. The Kier molecular flexibility index (Phi) is 6.02. The molecule has 0 saturated heterocycles. The number of nitrogens with one attached hydrogen (secondary N) is 1. The van der Waals surface area contributed by atoms with Gasteiger partial charge in [-0.3, -0.25) is 14.2 Å². The van der Waals surface area contributed by atoms with E-state index in [9.17, 15) is 35.9 Å². The van der Waals surface area contributed by atoms with Crippen LogP contribution in [0.2, 0.25) is 0 Å². The summed E-state index contributed by atoms with van der Waals surface area (Å²) < 4.78 is 81.8. The van der Waals surface area contributed by atoms with Crippen LogP contribution in [0.15, 0.2) is 70.7 Å². The van der Waals surface area contributed by atoms with E-state index >= 15 is 0 Å². The molecular formula is C22H13F6N3O2S. The van der Waals surface area contributed by atoms with Gasteiger partial charge in [0.05, 0.1) is 39.2 Å². The first-order valence-electron chi connectivity index (χ1n) is 9.57. The van der Waals surface area contributed by atoms with Gasteiger partial charge in [0.25, 0.3) is 5.56 Å². The molecule has 2 heterocycles. The van der Waals surface area contributed by atoms with Crippen LogP contribution in [0, 0.1) is 0 Å². The van der Waals surface area contributed by atoms with E-state index in [1.54, 1.807) is 12.1 Å². The van der Waals surface area contributed by atoms with Crippen LogP contribution in [-0.2, 0) is 12.4 Å². The van der Waals surface area contributed by atoms with Gasteiger partial charge < -0.3 is 4.98 Å². The number of fused-ring (bicyclic) bond motifs is 1. The third-order valence-electron chi connectivity index (χ3n) is 4.85. The van der Waals surface area contributed by atoms with Gasteiger partial charge in [0.15, 0.2) is 10.9 Å². The highest BCUT2D eigenvalue weighted by molar-refractivity contribution is 7.99. The Morgan fingerprint density at radius 1 is 0.971 bits per heavy atom. The zero-order valence-electron chi connectivity index (χ0n) is 16.9. The summed E-state index contributed by atoms with van der Waals surface area (Å²) in [5.41, 5.74) is -4.49. The predicted molar refractivity (Wildman–Crippen MR) is 113 cm³/mol. The molecule has 0 aliphatic carbocycles. The number of benzene rings is 2. The van der Waals surface area contributed by atoms with Crippen molar-refractivity contribution in [1.82, 2.24) is 14.5 Å². The lowest BCUT2D eigenvalue weighted by molar-refractivity contribution is -0.141. The van der Waals surface area contributed by atoms with Gasteiger partial charge in [0.2, 0.25) is 0 Å². The van der Waals surface area contributed by atoms with Crippen LogP contribution in [0.25, 0.3) is 16.6 Å². The lowest BCUT2D eigenvalue weighted by Gasteiger charge is -2.19. The van der Waals surface area contributed by atoms with E-state index in [4.69, 9.17) is 0 Å². The molecule has 0 spiro atoms. The fraction of sp³-hybridized carbons (Fsp3) is 0.136. The number of hydrogen-bond donors (Lipinski definition) is 1. The number of hydrogen-bond acceptors (Lipinski definition) is 4. The summed E-state index contributed by atoms with van der Waals surface area (Å²) in [6.07, 6.45) is -8.52. The number of para-hydroxylation sites is 1. The predicted octanol–water partition coefficient (Wildman–Crippen LogP) is 5.73.